The molecule has 3 heterocycles. The van der Waals surface area contributed by atoms with Gasteiger partial charge in [-0.25, -0.2) is 4.39 Å². The summed E-state index contributed by atoms with van der Waals surface area (Å²) in [7, 11) is 1.53. The van der Waals surface area contributed by atoms with E-state index in [0.29, 0.717) is 37.2 Å². The van der Waals surface area contributed by atoms with E-state index in [1.54, 1.807) is 29.4 Å². The Labute approximate surface area is 242 Å². The summed E-state index contributed by atoms with van der Waals surface area (Å²) in [6, 6.07) is 8.59. The SMILES string of the molecule is Cc1cc2c(cc1C(F)(F)F)N(Cc1ccncc1)CCCC2N(Cc1cc(CF)cc(C(F)(F)F)c1)c1nnn(C)n1. The lowest BCUT2D eigenvalue weighted by Crippen LogP contribution is -2.30. The Bertz CT molecular complexity index is 1570. The summed E-state index contributed by atoms with van der Waals surface area (Å²) in [6.45, 7) is 0.847. The smallest absolute Gasteiger partial charge is 0.367 e. The minimum absolute atomic E-state index is 0.00727. The number of hydrogen-bond acceptors (Lipinski definition) is 6. The van der Waals surface area contributed by atoms with Gasteiger partial charge in [0.25, 0.3) is 5.95 Å². The molecule has 2 aromatic heterocycles. The maximum atomic E-state index is 14.1. The van der Waals surface area contributed by atoms with Crippen LogP contribution in [-0.2, 0) is 39.2 Å². The Morgan fingerprint density at radius 2 is 1.65 bits per heavy atom. The van der Waals surface area contributed by atoms with Crippen LogP contribution in [0.5, 0.6) is 0 Å². The number of aromatic nitrogens is 5. The summed E-state index contributed by atoms with van der Waals surface area (Å²) in [5.41, 5.74) is -0.0230. The number of nitrogens with zero attached hydrogens (tertiary/aromatic N) is 7. The Kier molecular flexibility index (Phi) is 8.30. The fourth-order valence-electron chi connectivity index (χ4n) is 5.51. The Morgan fingerprint density at radius 3 is 2.28 bits per heavy atom. The molecule has 1 atom stereocenters. The van der Waals surface area contributed by atoms with E-state index in [9.17, 15) is 30.7 Å². The molecule has 0 saturated carbocycles. The quantitative estimate of drug-likeness (QED) is 0.212. The second kappa shape index (κ2) is 11.8. The van der Waals surface area contributed by atoms with E-state index in [4.69, 9.17) is 0 Å². The van der Waals surface area contributed by atoms with Crippen LogP contribution in [0.2, 0.25) is 0 Å². The number of rotatable bonds is 7. The highest BCUT2D eigenvalue weighted by Crippen LogP contribution is 2.44. The summed E-state index contributed by atoms with van der Waals surface area (Å²) in [5.74, 6) is 0.0813. The monoisotopic (exact) mass is 607 g/mol. The van der Waals surface area contributed by atoms with Gasteiger partial charge in [-0.3, -0.25) is 4.98 Å². The molecule has 4 aromatic rings. The molecule has 5 rings (SSSR count). The van der Waals surface area contributed by atoms with Crippen molar-refractivity contribution in [1.82, 2.24) is 25.2 Å². The lowest BCUT2D eigenvalue weighted by atomic mass is 9.94. The van der Waals surface area contributed by atoms with Gasteiger partial charge in [-0.05, 0) is 83.1 Å². The largest absolute Gasteiger partial charge is 0.416 e. The van der Waals surface area contributed by atoms with Gasteiger partial charge in [0.1, 0.15) is 6.67 Å². The molecule has 1 aliphatic rings. The number of fused-ring (bicyclic) bond motifs is 1. The van der Waals surface area contributed by atoms with Crippen LogP contribution in [0.25, 0.3) is 0 Å². The van der Waals surface area contributed by atoms with Crippen LogP contribution in [0.4, 0.5) is 42.4 Å². The van der Waals surface area contributed by atoms with Crippen molar-refractivity contribution >= 4 is 11.6 Å². The average Bonchev–Trinajstić information content (AvgIpc) is 3.31. The van der Waals surface area contributed by atoms with Crippen LogP contribution in [0, 0.1) is 6.92 Å². The number of anilines is 2. The number of aryl methyl sites for hydroxylation is 2. The third-order valence-corrected chi connectivity index (χ3v) is 7.43. The van der Waals surface area contributed by atoms with E-state index >= 15 is 0 Å². The van der Waals surface area contributed by atoms with E-state index in [-0.39, 0.29) is 29.2 Å². The highest BCUT2D eigenvalue weighted by atomic mass is 19.4. The van der Waals surface area contributed by atoms with E-state index in [2.05, 4.69) is 20.4 Å². The van der Waals surface area contributed by atoms with Crippen LogP contribution < -0.4 is 9.80 Å². The van der Waals surface area contributed by atoms with Gasteiger partial charge in [-0.1, -0.05) is 17.2 Å². The molecule has 2 aromatic carbocycles. The van der Waals surface area contributed by atoms with E-state index in [0.717, 1.165) is 23.8 Å². The lowest BCUT2D eigenvalue weighted by molar-refractivity contribution is -0.138. The van der Waals surface area contributed by atoms with Crippen LogP contribution in [0.1, 0.15) is 57.8 Å². The van der Waals surface area contributed by atoms with Gasteiger partial charge in [0, 0.05) is 37.7 Å². The molecular formula is C29H28F7N7. The van der Waals surface area contributed by atoms with Crippen molar-refractivity contribution in [2.75, 3.05) is 16.3 Å². The highest BCUT2D eigenvalue weighted by Gasteiger charge is 2.37. The number of benzene rings is 2. The van der Waals surface area contributed by atoms with Gasteiger partial charge in [-0.2, -0.15) is 31.1 Å². The first-order valence-electron chi connectivity index (χ1n) is 13.5. The number of tetrazole rings is 1. The molecule has 1 aliphatic heterocycles. The van der Waals surface area contributed by atoms with Gasteiger partial charge in [0.05, 0.1) is 24.2 Å². The van der Waals surface area contributed by atoms with Crippen LogP contribution in [-0.4, -0.2) is 31.7 Å². The van der Waals surface area contributed by atoms with Crippen molar-refractivity contribution in [1.29, 1.82) is 0 Å². The topological polar surface area (TPSA) is 63.0 Å². The second-order valence-electron chi connectivity index (χ2n) is 10.5. The molecule has 0 fully saturated rings. The van der Waals surface area contributed by atoms with E-state index in [1.165, 1.54) is 30.9 Å². The summed E-state index contributed by atoms with van der Waals surface area (Å²) in [4.78, 5) is 8.70. The molecular weight excluding hydrogens is 579 g/mol. The molecule has 0 saturated heterocycles. The predicted octanol–water partition coefficient (Wildman–Crippen LogP) is 6.97. The Balaban J connectivity index is 1.65. The Hall–Kier alpha value is -4.23. The van der Waals surface area contributed by atoms with Gasteiger partial charge in [-0.15, -0.1) is 5.10 Å². The van der Waals surface area contributed by atoms with Gasteiger partial charge in [0.15, 0.2) is 0 Å². The highest BCUT2D eigenvalue weighted by molar-refractivity contribution is 5.62. The summed E-state index contributed by atoms with van der Waals surface area (Å²) in [6.07, 6.45) is -5.12. The van der Waals surface area contributed by atoms with E-state index in [1.807, 2.05) is 4.90 Å². The maximum absolute atomic E-state index is 14.1. The first kappa shape index (κ1) is 30.2. The normalized spacial score (nSPS) is 15.7. The molecule has 43 heavy (non-hydrogen) atoms. The van der Waals surface area contributed by atoms with Crippen molar-refractivity contribution in [3.63, 3.8) is 0 Å². The molecule has 228 valence electrons. The molecule has 7 nitrogen and oxygen atoms in total. The van der Waals surface area contributed by atoms with Crippen LogP contribution in [0.3, 0.4) is 0 Å². The first-order valence-corrected chi connectivity index (χ1v) is 13.5. The van der Waals surface area contributed by atoms with Gasteiger partial charge in [0.2, 0.25) is 0 Å². The predicted molar refractivity (Wildman–Crippen MR) is 145 cm³/mol. The van der Waals surface area contributed by atoms with E-state index < -0.39 is 36.2 Å². The van der Waals surface area contributed by atoms with Crippen LogP contribution in [0.15, 0.2) is 54.9 Å². The Morgan fingerprint density at radius 1 is 0.930 bits per heavy atom. The number of alkyl halides is 7. The standard InChI is InChI=1S/C29H28F7N7/c1-18-10-23-25(4-3-9-42(16-19-5-7-37-8-6-19)26(23)14-24(18)29(34,35)36)43(27-38-40-41(2)39-27)17-21-11-20(15-30)12-22(13-21)28(31,32)33/h5-8,10-14,25H,3-4,9,15-17H2,1-2H3. The second-order valence-corrected chi connectivity index (χ2v) is 10.5. The molecule has 0 aliphatic carbocycles. The fraction of sp³-hybridized carbons (Fsp3) is 0.379. The van der Waals surface area contributed by atoms with Crippen molar-refractivity contribution in [2.45, 2.75) is 57.9 Å². The zero-order valence-electron chi connectivity index (χ0n) is 23.3. The summed E-state index contributed by atoms with van der Waals surface area (Å²) in [5, 5.41) is 12.3. The lowest BCUT2D eigenvalue weighted by Gasteiger charge is -2.33. The summed E-state index contributed by atoms with van der Waals surface area (Å²) < 4.78 is 97.0. The molecule has 0 N–H and O–H groups in total. The number of hydrogen-bond donors (Lipinski definition) is 0. The minimum atomic E-state index is -4.71. The third-order valence-electron chi connectivity index (χ3n) is 7.43. The molecule has 1 unspecified atom stereocenters. The maximum Gasteiger partial charge on any atom is 0.416 e. The fourth-order valence-corrected chi connectivity index (χ4v) is 5.51. The third kappa shape index (κ3) is 6.73. The van der Waals surface area contributed by atoms with Crippen LogP contribution >= 0.6 is 0 Å². The molecule has 0 spiro atoms. The molecule has 0 radical (unpaired) electrons. The minimum Gasteiger partial charge on any atom is -0.367 e. The summed E-state index contributed by atoms with van der Waals surface area (Å²) >= 11 is 0. The van der Waals surface area contributed by atoms with Crippen molar-refractivity contribution in [3.8, 4) is 0 Å². The van der Waals surface area contributed by atoms with Gasteiger partial charge >= 0.3 is 12.4 Å². The number of halogens is 7. The number of pyridine rings is 1. The molecule has 0 bridgehead atoms. The zero-order chi connectivity index (χ0) is 30.9. The van der Waals surface area contributed by atoms with Crippen molar-refractivity contribution in [3.05, 3.63) is 93.8 Å². The average molecular weight is 608 g/mol. The van der Waals surface area contributed by atoms with Gasteiger partial charge < -0.3 is 9.80 Å². The van der Waals surface area contributed by atoms with Crippen molar-refractivity contribution < 1.29 is 30.7 Å². The molecule has 14 heteroatoms. The first-order chi connectivity index (χ1) is 20.3. The van der Waals surface area contributed by atoms with Crippen molar-refractivity contribution in [2.24, 2.45) is 7.05 Å². The molecule has 0 amide bonds. The zero-order valence-corrected chi connectivity index (χ0v) is 23.3.